The average molecular weight is 403 g/mol. The van der Waals surface area contributed by atoms with Crippen molar-refractivity contribution in [1.82, 2.24) is 0 Å². The predicted octanol–water partition coefficient (Wildman–Crippen LogP) is 4.17. The van der Waals surface area contributed by atoms with Crippen molar-refractivity contribution in [3.8, 4) is 17.6 Å². The molecule has 8 nitrogen and oxygen atoms in total. The maximum atomic E-state index is 10.9. The molecule has 0 bridgehead atoms. The number of ether oxygens (including phenoxy) is 2. The van der Waals surface area contributed by atoms with Crippen LogP contribution in [0.25, 0.3) is 11.6 Å². The fraction of sp³-hybridized carbons (Fsp3) is 0.158. The number of halogens is 1. The highest BCUT2D eigenvalue weighted by atomic mass is 35.5. The molecule has 28 heavy (non-hydrogen) atoms. The SMILES string of the molecule is CCOc1cc(C=C(C#N)c2cccc([N+](=O)[O-])c2)cc(Cl)c1OCC(=O)O. The molecule has 1 N–H and O–H groups in total. The molecule has 144 valence electrons. The van der Waals surface area contributed by atoms with Crippen LogP contribution >= 0.6 is 11.6 Å². The third-order valence-electron chi connectivity index (χ3n) is 3.47. The minimum absolute atomic E-state index is 0.0805. The van der Waals surface area contributed by atoms with Crippen molar-refractivity contribution >= 4 is 34.9 Å². The number of nitro groups is 1. The zero-order chi connectivity index (χ0) is 20.7. The summed E-state index contributed by atoms with van der Waals surface area (Å²) in [5.74, 6) is -0.865. The van der Waals surface area contributed by atoms with Crippen molar-refractivity contribution in [2.75, 3.05) is 13.2 Å². The first-order chi connectivity index (χ1) is 13.3. The van der Waals surface area contributed by atoms with Crippen LogP contribution in [0.4, 0.5) is 5.69 Å². The van der Waals surface area contributed by atoms with E-state index in [1.807, 2.05) is 6.07 Å². The van der Waals surface area contributed by atoms with Crippen LogP contribution in [0.3, 0.4) is 0 Å². The zero-order valence-electron chi connectivity index (χ0n) is 14.7. The van der Waals surface area contributed by atoms with E-state index in [0.717, 1.165) is 0 Å². The molecule has 2 aromatic rings. The molecular weight excluding hydrogens is 388 g/mol. The minimum atomic E-state index is -1.17. The lowest BCUT2D eigenvalue weighted by molar-refractivity contribution is -0.384. The first-order valence-electron chi connectivity index (χ1n) is 8.03. The van der Waals surface area contributed by atoms with E-state index in [1.54, 1.807) is 19.1 Å². The molecule has 0 aromatic heterocycles. The van der Waals surface area contributed by atoms with Gasteiger partial charge < -0.3 is 14.6 Å². The Morgan fingerprint density at radius 3 is 2.71 bits per heavy atom. The van der Waals surface area contributed by atoms with Crippen LogP contribution in [-0.2, 0) is 4.79 Å². The Morgan fingerprint density at radius 2 is 2.11 bits per heavy atom. The number of aliphatic carboxylic acids is 1. The van der Waals surface area contributed by atoms with Crippen molar-refractivity contribution < 1.29 is 24.3 Å². The van der Waals surface area contributed by atoms with Crippen LogP contribution in [0.1, 0.15) is 18.1 Å². The Hall–Kier alpha value is -3.57. The smallest absolute Gasteiger partial charge is 0.341 e. The molecule has 0 aliphatic carbocycles. The standard InChI is InChI=1S/C19H15ClN2O6/c1-2-27-17-8-12(7-16(20)19(17)28-11-18(23)24)6-14(10-21)13-4-3-5-15(9-13)22(25)26/h3-9H,2,11H2,1H3,(H,23,24). The Bertz CT molecular complexity index is 981. The lowest BCUT2D eigenvalue weighted by Gasteiger charge is -2.13. The number of rotatable bonds is 8. The molecule has 0 saturated carbocycles. The summed E-state index contributed by atoms with van der Waals surface area (Å²) in [6, 6.07) is 10.7. The topological polar surface area (TPSA) is 123 Å². The molecule has 0 spiro atoms. The van der Waals surface area contributed by atoms with Gasteiger partial charge in [-0.25, -0.2) is 4.79 Å². The van der Waals surface area contributed by atoms with Gasteiger partial charge in [0.15, 0.2) is 18.1 Å². The summed E-state index contributed by atoms with van der Waals surface area (Å²) in [5.41, 5.74) is 0.904. The Kier molecular flexibility index (Phi) is 6.96. The molecule has 2 aromatic carbocycles. The van der Waals surface area contributed by atoms with E-state index in [0.29, 0.717) is 11.1 Å². The van der Waals surface area contributed by atoms with E-state index in [9.17, 15) is 20.2 Å². The number of non-ortho nitro benzene ring substituents is 1. The van der Waals surface area contributed by atoms with E-state index < -0.39 is 17.5 Å². The van der Waals surface area contributed by atoms with E-state index in [2.05, 4.69) is 0 Å². The van der Waals surface area contributed by atoms with E-state index in [1.165, 1.54) is 30.3 Å². The van der Waals surface area contributed by atoms with Crippen LogP contribution in [0.15, 0.2) is 36.4 Å². The van der Waals surface area contributed by atoms with Crippen molar-refractivity contribution in [3.63, 3.8) is 0 Å². The monoisotopic (exact) mass is 402 g/mol. The number of carboxylic acid groups (broad SMARTS) is 1. The van der Waals surface area contributed by atoms with Gasteiger partial charge >= 0.3 is 5.97 Å². The summed E-state index contributed by atoms with van der Waals surface area (Å²) in [6.07, 6.45) is 1.49. The van der Waals surface area contributed by atoms with Crippen molar-refractivity contribution in [2.24, 2.45) is 0 Å². The summed E-state index contributed by atoms with van der Waals surface area (Å²) in [6.45, 7) is 1.43. The third-order valence-corrected chi connectivity index (χ3v) is 3.75. The van der Waals surface area contributed by atoms with E-state index >= 15 is 0 Å². The maximum absolute atomic E-state index is 10.9. The highest BCUT2D eigenvalue weighted by Crippen LogP contribution is 2.37. The summed E-state index contributed by atoms with van der Waals surface area (Å²) >= 11 is 6.19. The molecule has 0 fully saturated rings. The van der Waals surface area contributed by atoms with Gasteiger partial charge in [0.1, 0.15) is 0 Å². The summed E-state index contributed by atoms with van der Waals surface area (Å²) in [7, 11) is 0. The minimum Gasteiger partial charge on any atom is -0.490 e. The molecule has 0 radical (unpaired) electrons. The Balaban J connectivity index is 2.48. The molecule has 0 aliphatic heterocycles. The van der Waals surface area contributed by atoms with Gasteiger partial charge in [-0.3, -0.25) is 10.1 Å². The Morgan fingerprint density at radius 1 is 1.36 bits per heavy atom. The summed E-state index contributed by atoms with van der Waals surface area (Å²) in [4.78, 5) is 21.1. The van der Waals surface area contributed by atoms with E-state index in [-0.39, 0.29) is 34.4 Å². The fourth-order valence-electron chi connectivity index (χ4n) is 2.34. The molecular formula is C19H15ClN2O6. The van der Waals surface area contributed by atoms with Gasteiger partial charge in [0.2, 0.25) is 0 Å². The number of allylic oxidation sites excluding steroid dienone is 1. The largest absolute Gasteiger partial charge is 0.490 e. The Labute approximate surface area is 165 Å². The summed E-state index contributed by atoms with van der Waals surface area (Å²) < 4.78 is 10.6. The molecule has 0 amide bonds. The maximum Gasteiger partial charge on any atom is 0.341 e. The second-order valence-electron chi connectivity index (χ2n) is 5.42. The zero-order valence-corrected chi connectivity index (χ0v) is 15.5. The molecule has 0 heterocycles. The highest BCUT2D eigenvalue weighted by molar-refractivity contribution is 6.32. The normalized spacial score (nSPS) is 10.8. The van der Waals surface area contributed by atoms with Crippen molar-refractivity contribution in [3.05, 3.63) is 62.7 Å². The molecule has 0 saturated heterocycles. The van der Waals surface area contributed by atoms with Gasteiger partial charge in [-0.15, -0.1) is 0 Å². The molecule has 0 unspecified atom stereocenters. The van der Waals surface area contributed by atoms with Gasteiger partial charge in [-0.2, -0.15) is 5.26 Å². The predicted molar refractivity (Wildman–Crippen MR) is 102 cm³/mol. The second-order valence-corrected chi connectivity index (χ2v) is 5.83. The first kappa shape index (κ1) is 20.7. The quantitative estimate of drug-likeness (QED) is 0.304. The molecule has 0 atom stereocenters. The number of carbonyl (C=O) groups is 1. The van der Waals surface area contributed by atoms with Gasteiger partial charge in [0.05, 0.1) is 28.2 Å². The number of hydrogen-bond acceptors (Lipinski definition) is 6. The molecule has 9 heteroatoms. The highest BCUT2D eigenvalue weighted by Gasteiger charge is 2.15. The number of hydrogen-bond donors (Lipinski definition) is 1. The van der Waals surface area contributed by atoms with Gasteiger partial charge in [0, 0.05) is 12.1 Å². The number of carboxylic acids is 1. The third kappa shape index (κ3) is 5.22. The second kappa shape index (κ2) is 9.39. The summed E-state index contributed by atoms with van der Waals surface area (Å²) in [5, 5.41) is 29.3. The average Bonchev–Trinajstić information content (AvgIpc) is 2.65. The van der Waals surface area contributed by atoms with Gasteiger partial charge in [0.25, 0.3) is 5.69 Å². The van der Waals surface area contributed by atoms with Crippen molar-refractivity contribution in [2.45, 2.75) is 6.92 Å². The fourth-order valence-corrected chi connectivity index (χ4v) is 2.62. The number of nitro benzene ring substituents is 1. The van der Waals surface area contributed by atoms with Crippen LogP contribution in [0, 0.1) is 21.4 Å². The lowest BCUT2D eigenvalue weighted by Crippen LogP contribution is -2.10. The number of nitrogens with zero attached hydrogens (tertiary/aromatic N) is 2. The first-order valence-corrected chi connectivity index (χ1v) is 8.41. The van der Waals surface area contributed by atoms with Crippen LogP contribution in [0.5, 0.6) is 11.5 Å². The number of nitriles is 1. The molecule has 0 aliphatic rings. The lowest BCUT2D eigenvalue weighted by atomic mass is 10.0. The van der Waals surface area contributed by atoms with Crippen LogP contribution in [-0.4, -0.2) is 29.2 Å². The van der Waals surface area contributed by atoms with Crippen molar-refractivity contribution in [1.29, 1.82) is 5.26 Å². The number of benzene rings is 2. The van der Waals surface area contributed by atoms with Gasteiger partial charge in [-0.05, 0) is 36.3 Å². The molecule has 2 rings (SSSR count). The van der Waals surface area contributed by atoms with Gasteiger partial charge in [-0.1, -0.05) is 23.7 Å². The van der Waals surface area contributed by atoms with E-state index in [4.69, 9.17) is 26.2 Å². The van der Waals surface area contributed by atoms with Crippen LogP contribution in [0.2, 0.25) is 5.02 Å². The van der Waals surface area contributed by atoms with Crippen LogP contribution < -0.4 is 9.47 Å².